The molecule has 0 bridgehead atoms. The second-order valence-corrected chi connectivity index (χ2v) is 7.73. The van der Waals surface area contributed by atoms with Crippen LogP contribution in [0.2, 0.25) is 0 Å². The Morgan fingerprint density at radius 1 is 1.28 bits per heavy atom. The molecule has 1 heterocycles. The number of halogens is 3. The lowest BCUT2D eigenvalue weighted by molar-refractivity contribution is 0.206. The zero-order chi connectivity index (χ0) is 23.4. The minimum atomic E-state index is -3.15. The van der Waals surface area contributed by atoms with Gasteiger partial charge in [-0.25, -0.2) is 22.9 Å². The summed E-state index contributed by atoms with van der Waals surface area (Å²) in [6.07, 6.45) is -1.59. The van der Waals surface area contributed by atoms with Gasteiger partial charge in [-0.15, -0.1) is 11.3 Å². The molecule has 32 heavy (non-hydrogen) atoms. The number of thiazole rings is 1. The van der Waals surface area contributed by atoms with E-state index in [4.69, 9.17) is 5.26 Å². The van der Waals surface area contributed by atoms with Crippen LogP contribution in [0.25, 0.3) is 0 Å². The summed E-state index contributed by atoms with van der Waals surface area (Å²) >= 11 is -2.16. The van der Waals surface area contributed by atoms with E-state index in [9.17, 15) is 26.7 Å². The average molecular weight is 481 g/mol. The normalized spacial score (nSPS) is 12.5. The van der Waals surface area contributed by atoms with Gasteiger partial charge in [0.05, 0.1) is 34.5 Å². The van der Waals surface area contributed by atoms with Gasteiger partial charge in [0.2, 0.25) is 5.75 Å². The number of hydrogen-bond donors (Lipinski definition) is 1. The maximum absolute atomic E-state index is 14.5. The summed E-state index contributed by atoms with van der Waals surface area (Å²) in [5, 5.41) is 12.9. The van der Waals surface area contributed by atoms with Crippen molar-refractivity contribution in [1.29, 1.82) is 5.26 Å². The van der Waals surface area contributed by atoms with Crippen LogP contribution >= 0.6 is 11.3 Å². The Morgan fingerprint density at radius 3 is 2.53 bits per heavy atom. The number of rotatable bonds is 6. The molecule has 3 rings (SSSR count). The van der Waals surface area contributed by atoms with Crippen LogP contribution in [0.15, 0.2) is 41.2 Å². The van der Waals surface area contributed by atoms with E-state index in [2.05, 4.69) is 15.0 Å². The van der Waals surface area contributed by atoms with Crippen LogP contribution in [0.5, 0.6) is 5.75 Å². The summed E-state index contributed by atoms with van der Waals surface area (Å²) in [6.45, 7) is 1.51. The quantitative estimate of drug-likeness (QED) is 0.518. The fourth-order valence-corrected chi connectivity index (χ4v) is 3.68. The molecule has 13 heteroatoms. The maximum atomic E-state index is 14.5. The van der Waals surface area contributed by atoms with E-state index in [0.717, 1.165) is 29.5 Å². The summed E-state index contributed by atoms with van der Waals surface area (Å²) in [7, 11) is 0. The molecule has 1 aromatic heterocycles. The minimum absolute atomic E-state index is 0.0918. The lowest BCUT2D eigenvalue weighted by Gasteiger charge is -2.21. The Kier molecular flexibility index (Phi) is 7.08. The first-order valence-corrected chi connectivity index (χ1v) is 10.6. The molecule has 0 fully saturated rings. The van der Waals surface area contributed by atoms with Crippen molar-refractivity contribution in [2.75, 3.05) is 9.62 Å². The molecule has 0 aliphatic carbocycles. The Labute approximate surface area is 186 Å². The maximum Gasteiger partial charge on any atom is 0.432 e. The van der Waals surface area contributed by atoms with Crippen molar-refractivity contribution in [3.8, 4) is 11.8 Å². The molecule has 166 valence electrons. The second-order valence-electron chi connectivity index (χ2n) is 6.21. The van der Waals surface area contributed by atoms with E-state index in [-0.39, 0.29) is 26.9 Å². The fraction of sp³-hybridized carbons (Fsp3) is 0.105. The highest BCUT2D eigenvalue weighted by molar-refractivity contribution is 7.81. The molecule has 0 spiro atoms. The fourth-order valence-electron chi connectivity index (χ4n) is 2.68. The number of hydrogen-bond acceptors (Lipinski definition) is 8. The van der Waals surface area contributed by atoms with E-state index in [1.165, 1.54) is 29.9 Å². The summed E-state index contributed by atoms with van der Waals surface area (Å²) in [5.74, 6) is -4.67. The van der Waals surface area contributed by atoms with Crippen molar-refractivity contribution in [3.05, 3.63) is 69.8 Å². The zero-order valence-corrected chi connectivity index (χ0v) is 17.7. The summed E-state index contributed by atoms with van der Waals surface area (Å²) in [4.78, 5) is 15.8. The monoisotopic (exact) mass is 481 g/mol. The van der Waals surface area contributed by atoms with Crippen molar-refractivity contribution in [2.24, 2.45) is 0 Å². The number of carbonyl (C=O) groups is 1. The largest absolute Gasteiger partial charge is 0.755 e. The van der Waals surface area contributed by atoms with Crippen LogP contribution in [-0.2, 0) is 11.3 Å². The third-order valence-electron chi connectivity index (χ3n) is 4.10. The van der Waals surface area contributed by atoms with Crippen molar-refractivity contribution in [1.82, 2.24) is 4.98 Å². The van der Waals surface area contributed by atoms with Gasteiger partial charge in [0.25, 0.3) is 0 Å². The highest BCUT2D eigenvalue weighted by atomic mass is 32.2. The molecule has 1 N–H and O–H groups in total. The molecule has 0 aliphatic rings. The number of ether oxygens (including phenoxy) is 1. The standard InChI is InChI=1S/C19H13F3N4O4S2/c1-10(13-4-11(7-23)2-3-14(13)20)25-12-5-15(21)18(16(22)6-12)30-19(27)26(32(28)29)17-8-31-9-24-17/h2-6,8-10,25H,1H3,(H,28,29)/p-1. The van der Waals surface area contributed by atoms with Gasteiger partial charge in [-0.1, -0.05) is 0 Å². The number of aromatic nitrogens is 1. The molecule has 2 unspecified atom stereocenters. The molecule has 8 nitrogen and oxygen atoms in total. The molecular formula is C19H12F3N4O4S2-. The molecular weight excluding hydrogens is 469 g/mol. The molecule has 3 aromatic rings. The molecule has 2 atom stereocenters. The Hall–Kier alpha value is -3.47. The van der Waals surface area contributed by atoms with E-state index in [0.29, 0.717) is 0 Å². The zero-order valence-electron chi connectivity index (χ0n) is 16.0. The predicted octanol–water partition coefficient (Wildman–Crippen LogP) is 4.40. The van der Waals surface area contributed by atoms with Gasteiger partial charge in [0.1, 0.15) is 5.82 Å². The topological polar surface area (TPSA) is 118 Å². The van der Waals surface area contributed by atoms with Gasteiger partial charge in [-0.05, 0) is 25.1 Å². The smallest absolute Gasteiger partial charge is 0.432 e. The molecule has 0 saturated carbocycles. The van der Waals surface area contributed by atoms with Gasteiger partial charge in [-0.2, -0.15) is 9.57 Å². The number of benzene rings is 2. The minimum Gasteiger partial charge on any atom is -0.755 e. The van der Waals surface area contributed by atoms with Crippen LogP contribution in [-0.4, -0.2) is 19.8 Å². The van der Waals surface area contributed by atoms with Crippen LogP contribution in [0.4, 0.5) is 29.5 Å². The number of amides is 1. The SMILES string of the molecule is CC(Nc1cc(F)c(OC(=O)N(c2cscn2)S(=O)[O-])c(F)c1)c1cc(C#N)ccc1F. The van der Waals surface area contributed by atoms with Gasteiger partial charge in [-0.3, -0.25) is 4.21 Å². The summed E-state index contributed by atoms with van der Waals surface area (Å²) in [5.41, 5.74) is 1.44. The Morgan fingerprint density at radius 2 is 1.97 bits per heavy atom. The van der Waals surface area contributed by atoms with Crippen LogP contribution < -0.4 is 14.4 Å². The van der Waals surface area contributed by atoms with Crippen LogP contribution in [0.1, 0.15) is 24.1 Å². The van der Waals surface area contributed by atoms with E-state index >= 15 is 0 Å². The van der Waals surface area contributed by atoms with Gasteiger partial charge >= 0.3 is 6.09 Å². The molecule has 2 aromatic carbocycles. The summed E-state index contributed by atoms with van der Waals surface area (Å²) < 4.78 is 70.3. The third kappa shape index (κ3) is 5.05. The van der Waals surface area contributed by atoms with Crippen molar-refractivity contribution in [2.45, 2.75) is 13.0 Å². The highest BCUT2D eigenvalue weighted by Gasteiger charge is 2.25. The second kappa shape index (κ2) is 9.77. The van der Waals surface area contributed by atoms with Crippen molar-refractivity contribution in [3.63, 3.8) is 0 Å². The first-order chi connectivity index (χ1) is 15.2. The number of nitriles is 1. The lowest BCUT2D eigenvalue weighted by Crippen LogP contribution is -2.35. The molecule has 0 aliphatic heterocycles. The molecule has 0 radical (unpaired) electrons. The Bertz CT molecular complexity index is 1190. The number of nitrogens with one attached hydrogen (secondary N) is 1. The summed E-state index contributed by atoms with van der Waals surface area (Å²) in [6, 6.07) is 6.35. The van der Waals surface area contributed by atoms with E-state index in [1.54, 1.807) is 0 Å². The van der Waals surface area contributed by atoms with Crippen LogP contribution in [0.3, 0.4) is 0 Å². The predicted molar refractivity (Wildman–Crippen MR) is 109 cm³/mol. The van der Waals surface area contributed by atoms with Gasteiger partial charge < -0.3 is 14.6 Å². The lowest BCUT2D eigenvalue weighted by atomic mass is 10.0. The molecule has 1 amide bonds. The highest BCUT2D eigenvalue weighted by Crippen LogP contribution is 2.30. The Balaban J connectivity index is 1.82. The van der Waals surface area contributed by atoms with E-state index < -0.39 is 46.6 Å². The van der Waals surface area contributed by atoms with Crippen LogP contribution in [0, 0.1) is 28.8 Å². The van der Waals surface area contributed by atoms with Crippen molar-refractivity contribution < 1.29 is 31.5 Å². The van der Waals surface area contributed by atoms with E-state index in [1.807, 2.05) is 6.07 Å². The first-order valence-electron chi connectivity index (χ1n) is 8.66. The number of anilines is 2. The van der Waals surface area contributed by atoms with Gasteiger partial charge in [0, 0.05) is 28.8 Å². The third-order valence-corrected chi connectivity index (χ3v) is 5.31. The first kappa shape index (κ1) is 23.2. The average Bonchev–Trinajstić information content (AvgIpc) is 3.25. The molecule has 0 saturated heterocycles. The van der Waals surface area contributed by atoms with Crippen molar-refractivity contribution >= 4 is 40.2 Å². The van der Waals surface area contributed by atoms with Gasteiger partial charge in [0.15, 0.2) is 17.5 Å². The number of carbonyl (C=O) groups excluding carboxylic acids is 1. The number of nitrogens with zero attached hydrogens (tertiary/aromatic N) is 3.